The van der Waals surface area contributed by atoms with Crippen molar-refractivity contribution >= 4 is 27.5 Å². The highest BCUT2D eigenvalue weighted by Crippen LogP contribution is 2.27. The van der Waals surface area contributed by atoms with Gasteiger partial charge < -0.3 is 4.74 Å². The number of ether oxygens (including phenoxy) is 1. The average Bonchev–Trinajstić information content (AvgIpc) is 2.32. The van der Waals surface area contributed by atoms with E-state index in [0.717, 1.165) is 10.0 Å². The number of aryl methyl sites for hydroxylation is 1. The van der Waals surface area contributed by atoms with Gasteiger partial charge in [0, 0.05) is 10.5 Å². The van der Waals surface area contributed by atoms with E-state index in [0.29, 0.717) is 17.2 Å². The van der Waals surface area contributed by atoms with Gasteiger partial charge in [-0.1, -0.05) is 27.5 Å². The molecule has 0 saturated carbocycles. The average molecular weight is 324 g/mol. The lowest BCUT2D eigenvalue weighted by Crippen LogP contribution is -1.92. The van der Waals surface area contributed by atoms with Crippen LogP contribution in [-0.4, -0.2) is 4.98 Å². The van der Waals surface area contributed by atoms with Crippen molar-refractivity contribution in [2.24, 2.45) is 0 Å². The predicted molar refractivity (Wildman–Crippen MR) is 72.9 cm³/mol. The molecule has 18 heavy (non-hydrogen) atoms. The largest absolute Gasteiger partial charge is 0.439 e. The molecule has 0 aliphatic carbocycles. The van der Waals surface area contributed by atoms with Crippen molar-refractivity contribution in [3.05, 3.63) is 51.1 Å². The number of halogens is 2. The molecule has 1 aromatic carbocycles. The van der Waals surface area contributed by atoms with Gasteiger partial charge in [0.2, 0.25) is 5.88 Å². The van der Waals surface area contributed by atoms with Gasteiger partial charge in [0.1, 0.15) is 10.9 Å². The van der Waals surface area contributed by atoms with E-state index in [-0.39, 0.29) is 5.15 Å². The van der Waals surface area contributed by atoms with E-state index in [9.17, 15) is 0 Å². The van der Waals surface area contributed by atoms with Gasteiger partial charge in [0.25, 0.3) is 0 Å². The van der Waals surface area contributed by atoms with Crippen LogP contribution in [0.15, 0.2) is 34.8 Å². The molecule has 1 heterocycles. The maximum absolute atomic E-state index is 8.85. The van der Waals surface area contributed by atoms with Gasteiger partial charge in [0.15, 0.2) is 0 Å². The van der Waals surface area contributed by atoms with Gasteiger partial charge in [-0.3, -0.25) is 0 Å². The smallest absolute Gasteiger partial charge is 0.221 e. The maximum Gasteiger partial charge on any atom is 0.221 e. The second-order valence-corrected chi connectivity index (χ2v) is 4.94. The number of benzene rings is 1. The number of hydrogen-bond donors (Lipinski definition) is 0. The fourth-order valence-electron chi connectivity index (χ4n) is 1.43. The number of nitrogens with zero attached hydrogens (tertiary/aromatic N) is 2. The normalized spacial score (nSPS) is 9.89. The quantitative estimate of drug-likeness (QED) is 0.766. The van der Waals surface area contributed by atoms with E-state index in [1.165, 1.54) is 6.07 Å². The Morgan fingerprint density at radius 1 is 1.33 bits per heavy atom. The monoisotopic (exact) mass is 322 g/mol. The molecule has 5 heteroatoms. The number of pyridine rings is 1. The molecule has 0 saturated heterocycles. The zero-order valence-electron chi connectivity index (χ0n) is 9.45. The van der Waals surface area contributed by atoms with Crippen molar-refractivity contribution in [3.63, 3.8) is 0 Å². The summed E-state index contributed by atoms with van der Waals surface area (Å²) in [6, 6.07) is 10.7. The summed E-state index contributed by atoms with van der Waals surface area (Å²) in [7, 11) is 0. The molecule has 0 unspecified atom stereocenters. The predicted octanol–water partition coefficient (Wildman–Crippen LogP) is 4.47. The lowest BCUT2D eigenvalue weighted by Gasteiger charge is -2.08. The van der Waals surface area contributed by atoms with E-state index >= 15 is 0 Å². The van der Waals surface area contributed by atoms with Crippen molar-refractivity contribution in [3.8, 4) is 17.7 Å². The third kappa shape index (κ3) is 3.00. The Bertz CT molecular complexity index is 637. The Balaban J connectivity index is 2.34. The summed E-state index contributed by atoms with van der Waals surface area (Å²) in [6.07, 6.45) is 0. The topological polar surface area (TPSA) is 45.9 Å². The van der Waals surface area contributed by atoms with Crippen molar-refractivity contribution < 1.29 is 4.74 Å². The highest BCUT2D eigenvalue weighted by molar-refractivity contribution is 9.10. The first kappa shape index (κ1) is 12.9. The molecule has 0 bridgehead atoms. The number of aromatic nitrogens is 1. The van der Waals surface area contributed by atoms with Crippen molar-refractivity contribution in [1.82, 2.24) is 4.98 Å². The molecule has 0 N–H and O–H groups in total. The van der Waals surface area contributed by atoms with E-state index < -0.39 is 0 Å². The summed E-state index contributed by atoms with van der Waals surface area (Å²) in [5.74, 6) is 0.987. The SMILES string of the molecule is Cc1cc(Br)ccc1Oc1cc(C#N)cc(Cl)n1. The summed E-state index contributed by atoms with van der Waals surface area (Å²) in [5, 5.41) is 9.08. The molecular weight excluding hydrogens is 316 g/mol. The van der Waals surface area contributed by atoms with Crippen LogP contribution in [0.3, 0.4) is 0 Å². The minimum Gasteiger partial charge on any atom is -0.439 e. The Kier molecular flexibility index (Phi) is 3.85. The summed E-state index contributed by atoms with van der Waals surface area (Å²) in [5.41, 5.74) is 1.38. The van der Waals surface area contributed by atoms with Gasteiger partial charge in [-0.15, -0.1) is 0 Å². The molecule has 2 rings (SSSR count). The Hall–Kier alpha value is -1.57. The molecule has 90 valence electrons. The maximum atomic E-state index is 8.85. The number of rotatable bonds is 2. The molecule has 0 fully saturated rings. The van der Waals surface area contributed by atoms with Crippen LogP contribution in [0.2, 0.25) is 5.15 Å². The molecule has 1 aromatic heterocycles. The van der Waals surface area contributed by atoms with Crippen LogP contribution in [0.25, 0.3) is 0 Å². The minimum absolute atomic E-state index is 0.235. The molecule has 2 aromatic rings. The molecule has 0 spiro atoms. The van der Waals surface area contributed by atoms with Crippen LogP contribution in [0, 0.1) is 18.3 Å². The van der Waals surface area contributed by atoms with Crippen molar-refractivity contribution in [2.45, 2.75) is 6.92 Å². The first-order valence-corrected chi connectivity index (χ1v) is 6.27. The third-order valence-electron chi connectivity index (χ3n) is 2.25. The fraction of sp³-hybridized carbons (Fsp3) is 0.0769. The second kappa shape index (κ2) is 5.38. The Labute approximate surface area is 118 Å². The highest BCUT2D eigenvalue weighted by atomic mass is 79.9. The van der Waals surface area contributed by atoms with Gasteiger partial charge in [-0.2, -0.15) is 5.26 Å². The number of nitriles is 1. The summed E-state index contributed by atoms with van der Waals surface area (Å²) < 4.78 is 6.60. The number of hydrogen-bond acceptors (Lipinski definition) is 3. The van der Waals surface area contributed by atoms with Crippen LogP contribution < -0.4 is 4.74 Å². The standard InChI is InChI=1S/C13H8BrClN2O/c1-8-4-10(14)2-3-11(8)18-13-6-9(7-16)5-12(15)17-13/h2-6H,1H3. The lowest BCUT2D eigenvalue weighted by molar-refractivity contribution is 0.459. The van der Waals surface area contributed by atoms with Crippen LogP contribution in [0.4, 0.5) is 0 Å². The van der Waals surface area contributed by atoms with E-state index in [4.69, 9.17) is 21.6 Å². The summed E-state index contributed by atoms with van der Waals surface area (Å²) >= 11 is 9.19. The molecule has 0 aliphatic heterocycles. The molecular formula is C13H8BrClN2O. The minimum atomic E-state index is 0.235. The van der Waals surface area contributed by atoms with Crippen LogP contribution in [0.1, 0.15) is 11.1 Å². The van der Waals surface area contributed by atoms with Crippen LogP contribution in [0.5, 0.6) is 11.6 Å². The zero-order chi connectivity index (χ0) is 13.1. The first-order valence-electron chi connectivity index (χ1n) is 5.10. The van der Waals surface area contributed by atoms with Gasteiger partial charge in [0.05, 0.1) is 11.6 Å². The fourth-order valence-corrected chi connectivity index (χ4v) is 2.11. The molecule has 0 atom stereocenters. The summed E-state index contributed by atoms with van der Waals surface area (Å²) in [6.45, 7) is 1.93. The van der Waals surface area contributed by atoms with Crippen molar-refractivity contribution in [1.29, 1.82) is 5.26 Å². The zero-order valence-corrected chi connectivity index (χ0v) is 11.8. The van der Waals surface area contributed by atoms with Gasteiger partial charge >= 0.3 is 0 Å². The highest BCUT2D eigenvalue weighted by Gasteiger charge is 2.06. The lowest BCUT2D eigenvalue weighted by atomic mass is 10.2. The molecule has 0 radical (unpaired) electrons. The molecule has 0 aliphatic rings. The van der Waals surface area contributed by atoms with Crippen molar-refractivity contribution in [2.75, 3.05) is 0 Å². The first-order chi connectivity index (χ1) is 8.58. The molecule has 3 nitrogen and oxygen atoms in total. The van der Waals surface area contributed by atoms with Gasteiger partial charge in [-0.05, 0) is 36.8 Å². The molecule has 0 amide bonds. The van der Waals surface area contributed by atoms with Crippen LogP contribution in [-0.2, 0) is 0 Å². The van der Waals surface area contributed by atoms with Gasteiger partial charge in [-0.25, -0.2) is 4.98 Å². The Morgan fingerprint density at radius 3 is 2.78 bits per heavy atom. The Morgan fingerprint density at radius 2 is 2.11 bits per heavy atom. The van der Waals surface area contributed by atoms with E-state index in [1.54, 1.807) is 6.07 Å². The second-order valence-electron chi connectivity index (χ2n) is 3.64. The van der Waals surface area contributed by atoms with E-state index in [1.807, 2.05) is 31.2 Å². The third-order valence-corrected chi connectivity index (χ3v) is 2.94. The van der Waals surface area contributed by atoms with Crippen LogP contribution >= 0.6 is 27.5 Å². The van der Waals surface area contributed by atoms with E-state index in [2.05, 4.69) is 20.9 Å². The summed E-state index contributed by atoms with van der Waals surface area (Å²) in [4.78, 5) is 4.02.